The molecule has 1 saturated carbocycles. The van der Waals surface area contributed by atoms with Crippen molar-refractivity contribution in [1.29, 1.82) is 0 Å². The molecule has 1 heteroatoms. The first-order valence-corrected chi connectivity index (χ1v) is 6.21. The largest absolute Gasteiger partial charge is 0.390 e. The Balaban J connectivity index is 2.08. The van der Waals surface area contributed by atoms with Crippen molar-refractivity contribution in [3.63, 3.8) is 0 Å². The van der Waals surface area contributed by atoms with Crippen molar-refractivity contribution >= 4 is 0 Å². The number of hydrogen-bond donors (Lipinski definition) is 1. The number of rotatable bonds is 2. The summed E-state index contributed by atoms with van der Waals surface area (Å²) >= 11 is 0. The average molecular weight is 218 g/mol. The Kier molecular flexibility index (Phi) is 2.83. The lowest BCUT2D eigenvalue weighted by Gasteiger charge is -2.36. The van der Waals surface area contributed by atoms with Crippen LogP contribution >= 0.6 is 0 Å². The maximum Gasteiger partial charge on any atom is 0.0688 e. The van der Waals surface area contributed by atoms with Crippen molar-refractivity contribution in [3.05, 3.63) is 35.4 Å². The van der Waals surface area contributed by atoms with E-state index in [0.29, 0.717) is 0 Å². The number of benzene rings is 1. The van der Waals surface area contributed by atoms with Gasteiger partial charge in [0.25, 0.3) is 0 Å². The molecule has 1 N–H and O–H groups in total. The van der Waals surface area contributed by atoms with E-state index in [4.69, 9.17) is 0 Å². The predicted octanol–water partition coefficient (Wildman–Crippen LogP) is 3.44. The van der Waals surface area contributed by atoms with Gasteiger partial charge in [-0.1, -0.05) is 45.0 Å². The van der Waals surface area contributed by atoms with Gasteiger partial charge in [-0.2, -0.15) is 0 Å². The molecule has 0 radical (unpaired) electrons. The third-order valence-electron chi connectivity index (χ3n) is 3.64. The zero-order valence-electron chi connectivity index (χ0n) is 10.6. The molecule has 0 atom stereocenters. The molecule has 1 fully saturated rings. The highest BCUT2D eigenvalue weighted by atomic mass is 16.3. The van der Waals surface area contributed by atoms with Gasteiger partial charge in [-0.15, -0.1) is 0 Å². The van der Waals surface area contributed by atoms with E-state index in [1.807, 2.05) is 0 Å². The van der Waals surface area contributed by atoms with Crippen molar-refractivity contribution in [2.45, 2.75) is 57.5 Å². The van der Waals surface area contributed by atoms with Gasteiger partial charge < -0.3 is 5.11 Å². The molecule has 16 heavy (non-hydrogen) atoms. The van der Waals surface area contributed by atoms with Crippen LogP contribution in [0.5, 0.6) is 0 Å². The molecule has 0 amide bonds. The Labute approximate surface area is 98.5 Å². The maximum absolute atomic E-state index is 10.1. The van der Waals surface area contributed by atoms with E-state index in [2.05, 4.69) is 45.0 Å². The molecule has 2 rings (SSSR count). The zero-order chi connectivity index (χ0) is 11.8. The highest BCUT2D eigenvalue weighted by molar-refractivity contribution is 5.28. The molecule has 1 aromatic rings. The van der Waals surface area contributed by atoms with E-state index in [-0.39, 0.29) is 5.41 Å². The van der Waals surface area contributed by atoms with E-state index in [1.165, 1.54) is 17.5 Å². The highest BCUT2D eigenvalue weighted by Gasteiger charge is 2.34. The van der Waals surface area contributed by atoms with Crippen LogP contribution in [0.1, 0.15) is 51.2 Å². The molecule has 1 aliphatic rings. The average Bonchev–Trinajstić information content (AvgIpc) is 2.15. The van der Waals surface area contributed by atoms with Crippen molar-refractivity contribution in [1.82, 2.24) is 0 Å². The first-order valence-electron chi connectivity index (χ1n) is 6.21. The van der Waals surface area contributed by atoms with Gasteiger partial charge in [0.1, 0.15) is 0 Å². The second-order valence-corrected chi connectivity index (χ2v) is 6.20. The lowest BCUT2D eigenvalue weighted by atomic mass is 9.76. The number of hydrogen-bond acceptors (Lipinski definition) is 1. The first kappa shape index (κ1) is 11.7. The van der Waals surface area contributed by atoms with Crippen LogP contribution in [0.3, 0.4) is 0 Å². The summed E-state index contributed by atoms with van der Waals surface area (Å²) in [6, 6.07) is 8.71. The Bertz CT molecular complexity index is 352. The minimum absolute atomic E-state index is 0.214. The van der Waals surface area contributed by atoms with Gasteiger partial charge >= 0.3 is 0 Å². The van der Waals surface area contributed by atoms with Gasteiger partial charge in [0.2, 0.25) is 0 Å². The van der Waals surface area contributed by atoms with Gasteiger partial charge in [-0.25, -0.2) is 0 Å². The molecule has 1 aromatic carbocycles. The van der Waals surface area contributed by atoms with Crippen LogP contribution in [0.15, 0.2) is 24.3 Å². The van der Waals surface area contributed by atoms with Crippen LogP contribution < -0.4 is 0 Å². The molecule has 1 nitrogen and oxygen atoms in total. The summed E-state index contributed by atoms with van der Waals surface area (Å²) < 4.78 is 0. The maximum atomic E-state index is 10.1. The minimum atomic E-state index is -0.400. The van der Waals surface area contributed by atoms with Gasteiger partial charge in [-0.3, -0.25) is 0 Å². The molecule has 88 valence electrons. The second-order valence-electron chi connectivity index (χ2n) is 6.20. The Morgan fingerprint density at radius 1 is 1.12 bits per heavy atom. The van der Waals surface area contributed by atoms with E-state index < -0.39 is 5.60 Å². The van der Waals surface area contributed by atoms with Gasteiger partial charge in [0, 0.05) is 6.42 Å². The normalized spacial score (nSPS) is 19.2. The third-order valence-corrected chi connectivity index (χ3v) is 3.64. The van der Waals surface area contributed by atoms with Crippen molar-refractivity contribution in [2.24, 2.45) is 0 Å². The van der Waals surface area contributed by atoms with E-state index >= 15 is 0 Å². The van der Waals surface area contributed by atoms with Gasteiger partial charge in [-0.05, 0) is 35.8 Å². The van der Waals surface area contributed by atoms with Crippen LogP contribution in [0.2, 0.25) is 0 Å². The van der Waals surface area contributed by atoms with E-state index in [1.54, 1.807) is 0 Å². The van der Waals surface area contributed by atoms with Crippen LogP contribution in [-0.2, 0) is 11.8 Å². The molecule has 0 bridgehead atoms. The summed E-state index contributed by atoms with van der Waals surface area (Å²) in [4.78, 5) is 0. The lowest BCUT2D eigenvalue weighted by molar-refractivity contribution is -0.0322. The Morgan fingerprint density at radius 3 is 2.06 bits per heavy atom. The highest BCUT2D eigenvalue weighted by Crippen LogP contribution is 2.35. The lowest BCUT2D eigenvalue weighted by Crippen LogP contribution is -2.38. The molecule has 0 heterocycles. The smallest absolute Gasteiger partial charge is 0.0688 e. The summed E-state index contributed by atoms with van der Waals surface area (Å²) in [5.41, 5.74) is 2.43. The summed E-state index contributed by atoms with van der Waals surface area (Å²) in [6.07, 6.45) is 3.93. The van der Waals surface area contributed by atoms with Crippen LogP contribution in [0.4, 0.5) is 0 Å². The molecule has 0 unspecified atom stereocenters. The fraction of sp³-hybridized carbons (Fsp3) is 0.600. The van der Waals surface area contributed by atoms with Crippen molar-refractivity contribution in [2.75, 3.05) is 0 Å². The first-order chi connectivity index (χ1) is 7.39. The summed E-state index contributed by atoms with van der Waals surface area (Å²) in [6.45, 7) is 6.67. The molecule has 0 spiro atoms. The van der Waals surface area contributed by atoms with Gasteiger partial charge in [0.05, 0.1) is 5.60 Å². The van der Waals surface area contributed by atoms with Crippen LogP contribution in [-0.4, -0.2) is 10.7 Å². The molecular weight excluding hydrogens is 196 g/mol. The summed E-state index contributed by atoms with van der Waals surface area (Å²) in [7, 11) is 0. The quantitative estimate of drug-likeness (QED) is 0.806. The molecular formula is C15H22O. The van der Waals surface area contributed by atoms with Crippen LogP contribution in [0, 0.1) is 0 Å². The predicted molar refractivity (Wildman–Crippen MR) is 67.6 cm³/mol. The van der Waals surface area contributed by atoms with Crippen molar-refractivity contribution in [3.8, 4) is 0 Å². The molecule has 0 aromatic heterocycles. The molecule has 1 aliphatic carbocycles. The zero-order valence-corrected chi connectivity index (χ0v) is 10.6. The fourth-order valence-electron chi connectivity index (χ4n) is 2.26. The van der Waals surface area contributed by atoms with Gasteiger partial charge in [0.15, 0.2) is 0 Å². The minimum Gasteiger partial charge on any atom is -0.390 e. The standard InChI is InChI=1S/C15H22O/c1-14(2,3)13-7-5-12(6-8-13)11-15(16)9-4-10-15/h5-8,16H,4,9-11H2,1-3H3. The monoisotopic (exact) mass is 218 g/mol. The molecule has 0 saturated heterocycles. The Morgan fingerprint density at radius 2 is 1.69 bits per heavy atom. The fourth-order valence-corrected chi connectivity index (χ4v) is 2.26. The summed E-state index contributed by atoms with van der Waals surface area (Å²) in [5, 5.41) is 10.1. The van der Waals surface area contributed by atoms with Crippen LogP contribution in [0.25, 0.3) is 0 Å². The number of aliphatic hydroxyl groups is 1. The summed E-state index contributed by atoms with van der Waals surface area (Å²) in [5.74, 6) is 0. The Hall–Kier alpha value is -0.820. The van der Waals surface area contributed by atoms with E-state index in [9.17, 15) is 5.11 Å². The topological polar surface area (TPSA) is 20.2 Å². The molecule has 0 aliphatic heterocycles. The SMILES string of the molecule is CC(C)(C)c1ccc(CC2(O)CCC2)cc1. The van der Waals surface area contributed by atoms with Crippen molar-refractivity contribution < 1.29 is 5.11 Å². The second kappa shape index (κ2) is 3.89. The third kappa shape index (κ3) is 2.46. The van der Waals surface area contributed by atoms with E-state index in [0.717, 1.165) is 19.3 Å².